The predicted octanol–water partition coefficient (Wildman–Crippen LogP) is 5.73. The van der Waals surface area contributed by atoms with Gasteiger partial charge < -0.3 is 19.9 Å². The third kappa shape index (κ3) is 7.24. The minimum absolute atomic E-state index is 0.231. The lowest BCUT2D eigenvalue weighted by atomic mass is 9.72. The number of anilines is 1. The van der Waals surface area contributed by atoms with Gasteiger partial charge in [-0.3, -0.25) is 19.5 Å². The number of amides is 2. The van der Waals surface area contributed by atoms with E-state index >= 15 is 8.78 Å². The number of ether oxygens (including phenoxy) is 2. The first-order valence-electron chi connectivity index (χ1n) is 16.2. The van der Waals surface area contributed by atoms with Gasteiger partial charge in [0.05, 0.1) is 35.6 Å². The highest BCUT2D eigenvalue weighted by atomic mass is 19.4. The maximum atomic E-state index is 15.5. The topological polar surface area (TPSA) is 120 Å². The zero-order valence-corrected chi connectivity index (χ0v) is 28.1. The largest absolute Gasteiger partial charge is 0.509 e. The molecule has 2 N–H and O–H groups in total. The summed E-state index contributed by atoms with van der Waals surface area (Å²) in [7, 11) is 2.98. The van der Waals surface area contributed by atoms with Gasteiger partial charge in [-0.25, -0.2) is 19.4 Å². The van der Waals surface area contributed by atoms with Crippen molar-refractivity contribution in [3.05, 3.63) is 82.5 Å². The van der Waals surface area contributed by atoms with Crippen LogP contribution in [0.3, 0.4) is 0 Å². The number of rotatable bonds is 10. The molecule has 0 radical (unpaired) electrons. The Morgan fingerprint density at radius 3 is 2.36 bits per heavy atom. The van der Waals surface area contributed by atoms with Crippen molar-refractivity contribution >= 4 is 17.5 Å². The number of benzene rings is 2. The summed E-state index contributed by atoms with van der Waals surface area (Å²) < 4.78 is 123. The van der Waals surface area contributed by atoms with Crippen molar-refractivity contribution in [1.82, 2.24) is 24.9 Å². The molecule has 1 aromatic heterocycles. The average molecular weight is 757 g/mol. The Morgan fingerprint density at radius 1 is 1.02 bits per heavy atom. The SMILES string of the molecule is COCCN1CC(Oc2ccc(CN3C(=O)C(C(=O)Nc4ccc(C(F)(F)F)cc4-c4cc(C(F)(F)F)ncn4)=C(O)C4(CCC4)N3C)c(F)c2F)C1. The molecular weight excluding hydrogens is 724 g/mol. The van der Waals surface area contributed by atoms with Crippen LogP contribution in [0.15, 0.2) is 54.1 Å². The van der Waals surface area contributed by atoms with E-state index < -0.39 is 87.4 Å². The third-order valence-electron chi connectivity index (χ3n) is 9.62. The van der Waals surface area contributed by atoms with Gasteiger partial charge in [0.1, 0.15) is 29.5 Å². The number of aromatic nitrogens is 2. The average Bonchev–Trinajstić information content (AvgIpc) is 3.05. The smallest absolute Gasteiger partial charge is 0.433 e. The molecule has 2 fully saturated rings. The molecule has 1 aliphatic carbocycles. The zero-order chi connectivity index (χ0) is 38.5. The number of methoxy groups -OCH3 is 1. The Morgan fingerprint density at radius 2 is 1.74 bits per heavy atom. The number of hydrazine groups is 1. The van der Waals surface area contributed by atoms with Crippen molar-refractivity contribution in [2.24, 2.45) is 0 Å². The Bertz CT molecular complexity index is 1950. The molecule has 3 heterocycles. The molecular formula is C34H32F8N6O5. The molecule has 19 heteroatoms. The Hall–Kier alpha value is -4.88. The summed E-state index contributed by atoms with van der Waals surface area (Å²) in [6, 6.07) is 4.61. The molecule has 3 aromatic rings. The lowest BCUT2D eigenvalue weighted by molar-refractivity contribution is -0.172. The molecule has 2 aliphatic heterocycles. The Kier molecular flexibility index (Phi) is 10.1. The number of aliphatic hydroxyl groups excluding tert-OH is 1. The number of nitrogens with zero attached hydrogens (tertiary/aromatic N) is 5. The van der Waals surface area contributed by atoms with Gasteiger partial charge in [0.15, 0.2) is 11.6 Å². The molecule has 284 valence electrons. The van der Waals surface area contributed by atoms with E-state index in [9.17, 15) is 41.0 Å². The standard InChI is InChI=1S/C34H32F8N6O5/c1-46-32(8-3-9-32)29(49)26(31(51)48(46)14-18-4-7-24(28(36)27(18)35)53-20-15-47(16-20)10-11-52-2)30(50)45-22-6-5-19(33(37,38)39)12-21(22)23-13-25(34(40,41)42)44-17-43-23/h4-7,12-13,17,20,49H,3,8-11,14-16H2,1-2H3,(H,45,50). The number of hydrogen-bond acceptors (Lipinski definition) is 9. The van der Waals surface area contributed by atoms with Crippen LogP contribution in [-0.2, 0) is 33.2 Å². The first kappa shape index (κ1) is 37.9. The van der Waals surface area contributed by atoms with E-state index in [1.54, 1.807) is 7.11 Å². The van der Waals surface area contributed by atoms with Crippen molar-refractivity contribution in [2.75, 3.05) is 45.7 Å². The lowest BCUT2D eigenvalue weighted by Crippen LogP contribution is -2.65. The Labute approximate surface area is 296 Å². The normalized spacial score (nSPS) is 18.3. The van der Waals surface area contributed by atoms with Crippen LogP contribution in [0.5, 0.6) is 5.75 Å². The second-order valence-electron chi connectivity index (χ2n) is 12.8. The highest BCUT2D eigenvalue weighted by Gasteiger charge is 2.55. The number of hydrogen-bond donors (Lipinski definition) is 2. The molecule has 6 rings (SSSR count). The predicted molar refractivity (Wildman–Crippen MR) is 170 cm³/mol. The number of halogens is 8. The van der Waals surface area contributed by atoms with Crippen molar-refractivity contribution < 1.29 is 59.3 Å². The maximum Gasteiger partial charge on any atom is 0.433 e. The van der Waals surface area contributed by atoms with E-state index in [0.717, 1.165) is 11.1 Å². The summed E-state index contributed by atoms with van der Waals surface area (Å²) in [6.07, 6.45) is -8.82. The van der Waals surface area contributed by atoms with E-state index in [2.05, 4.69) is 15.3 Å². The number of likely N-dealkylation sites (N-methyl/N-ethyl adjacent to an activating group) is 1. The molecule has 0 atom stereocenters. The summed E-state index contributed by atoms with van der Waals surface area (Å²) in [4.78, 5) is 36.5. The summed E-state index contributed by atoms with van der Waals surface area (Å²) in [5.74, 6) is -6.11. The van der Waals surface area contributed by atoms with Gasteiger partial charge in [-0.1, -0.05) is 6.07 Å². The first-order valence-corrected chi connectivity index (χ1v) is 16.2. The molecule has 11 nitrogen and oxygen atoms in total. The first-order chi connectivity index (χ1) is 24.9. The van der Waals surface area contributed by atoms with Gasteiger partial charge in [-0.2, -0.15) is 30.7 Å². The van der Waals surface area contributed by atoms with Crippen molar-refractivity contribution in [3.63, 3.8) is 0 Å². The van der Waals surface area contributed by atoms with Gasteiger partial charge in [0.25, 0.3) is 11.8 Å². The van der Waals surface area contributed by atoms with Gasteiger partial charge in [0.2, 0.25) is 5.82 Å². The minimum Gasteiger partial charge on any atom is -0.509 e. The van der Waals surface area contributed by atoms with Crippen LogP contribution >= 0.6 is 0 Å². The molecule has 2 aromatic carbocycles. The van der Waals surface area contributed by atoms with Crippen LogP contribution in [-0.4, -0.2) is 93.8 Å². The van der Waals surface area contributed by atoms with Gasteiger partial charge in [0, 0.05) is 44.9 Å². The monoisotopic (exact) mass is 756 g/mol. The number of alkyl halides is 6. The number of carbonyl (C=O) groups excluding carboxylic acids is 2. The molecule has 53 heavy (non-hydrogen) atoms. The number of likely N-dealkylation sites (tertiary alicyclic amines) is 1. The molecule has 0 bridgehead atoms. The van der Waals surface area contributed by atoms with E-state index in [0.29, 0.717) is 57.2 Å². The maximum absolute atomic E-state index is 15.5. The van der Waals surface area contributed by atoms with Crippen LogP contribution in [0.2, 0.25) is 0 Å². The number of aliphatic hydroxyl groups is 1. The minimum atomic E-state index is -4.99. The summed E-state index contributed by atoms with van der Waals surface area (Å²) in [5, 5.41) is 15.9. The molecule has 1 spiro atoms. The molecule has 0 unspecified atom stereocenters. The third-order valence-corrected chi connectivity index (χ3v) is 9.62. The lowest BCUT2D eigenvalue weighted by Gasteiger charge is -2.54. The van der Waals surface area contributed by atoms with Crippen LogP contribution in [0.1, 0.15) is 36.1 Å². The van der Waals surface area contributed by atoms with Gasteiger partial charge >= 0.3 is 12.4 Å². The second-order valence-corrected chi connectivity index (χ2v) is 12.8. The van der Waals surface area contributed by atoms with E-state index in [1.807, 2.05) is 4.90 Å². The van der Waals surface area contributed by atoms with E-state index in [-0.39, 0.29) is 30.3 Å². The van der Waals surface area contributed by atoms with E-state index in [1.165, 1.54) is 24.2 Å². The zero-order valence-electron chi connectivity index (χ0n) is 28.1. The van der Waals surface area contributed by atoms with E-state index in [4.69, 9.17) is 9.47 Å². The van der Waals surface area contributed by atoms with Crippen LogP contribution < -0.4 is 10.1 Å². The molecule has 1 saturated carbocycles. The summed E-state index contributed by atoms with van der Waals surface area (Å²) in [6.45, 7) is 1.49. The fourth-order valence-electron chi connectivity index (χ4n) is 6.45. The molecule has 1 saturated heterocycles. The molecule has 2 amide bonds. The fourth-order valence-corrected chi connectivity index (χ4v) is 6.45. The van der Waals surface area contributed by atoms with Crippen molar-refractivity contribution in [1.29, 1.82) is 0 Å². The highest BCUT2D eigenvalue weighted by molar-refractivity contribution is 6.24. The van der Waals surface area contributed by atoms with Crippen molar-refractivity contribution in [3.8, 4) is 17.0 Å². The summed E-state index contributed by atoms with van der Waals surface area (Å²) >= 11 is 0. The summed E-state index contributed by atoms with van der Waals surface area (Å²) in [5.41, 5.74) is -6.93. The Balaban J connectivity index is 1.29. The van der Waals surface area contributed by atoms with Crippen molar-refractivity contribution in [2.45, 2.75) is 49.8 Å². The fraction of sp³-hybridized carbons (Fsp3) is 0.412. The van der Waals surface area contributed by atoms with Crippen LogP contribution in [0, 0.1) is 11.6 Å². The quantitative estimate of drug-likeness (QED) is 0.198. The van der Waals surface area contributed by atoms with Gasteiger partial charge in [-0.15, -0.1) is 0 Å². The highest BCUT2D eigenvalue weighted by Crippen LogP contribution is 2.47. The molecule has 3 aliphatic rings. The number of carbonyl (C=O) groups is 2. The second kappa shape index (κ2) is 14.2. The number of nitrogens with one attached hydrogen (secondary N) is 1. The van der Waals surface area contributed by atoms with Crippen LogP contribution in [0.4, 0.5) is 40.8 Å². The van der Waals surface area contributed by atoms with Gasteiger partial charge in [-0.05, 0) is 49.6 Å². The van der Waals surface area contributed by atoms with Crippen LogP contribution in [0.25, 0.3) is 11.3 Å².